The molecule has 2 amide bonds. The second-order valence-electron chi connectivity index (χ2n) is 5.31. The van der Waals surface area contributed by atoms with Crippen LogP contribution in [0.1, 0.15) is 6.42 Å². The summed E-state index contributed by atoms with van der Waals surface area (Å²) in [6.45, 7) is 0.679. The van der Waals surface area contributed by atoms with E-state index in [9.17, 15) is 9.59 Å². The van der Waals surface area contributed by atoms with Crippen molar-refractivity contribution in [2.75, 3.05) is 17.6 Å². The van der Waals surface area contributed by atoms with E-state index in [1.807, 2.05) is 54.6 Å². The number of hydrogen-bond acceptors (Lipinski definition) is 4. The van der Waals surface area contributed by atoms with Crippen LogP contribution in [0.25, 0.3) is 0 Å². The maximum absolute atomic E-state index is 12.3. The van der Waals surface area contributed by atoms with Crippen LogP contribution in [0.5, 0.6) is 0 Å². The van der Waals surface area contributed by atoms with Gasteiger partial charge in [-0.3, -0.25) is 9.59 Å². The molecule has 2 aromatic rings. The van der Waals surface area contributed by atoms with Crippen LogP contribution in [0.15, 0.2) is 64.4 Å². The predicted molar refractivity (Wildman–Crippen MR) is 99.5 cm³/mol. The van der Waals surface area contributed by atoms with Crippen LogP contribution < -0.4 is 10.6 Å². The second kappa shape index (κ2) is 8.26. The lowest BCUT2D eigenvalue weighted by Gasteiger charge is -2.21. The molecule has 0 bridgehead atoms. The summed E-state index contributed by atoms with van der Waals surface area (Å²) in [5, 5.41) is 5.45. The highest BCUT2D eigenvalue weighted by Crippen LogP contribution is 2.33. The molecule has 1 fully saturated rings. The average Bonchev–Trinajstić information content (AvgIpc) is 2.60. The van der Waals surface area contributed by atoms with E-state index in [2.05, 4.69) is 10.6 Å². The molecule has 0 radical (unpaired) electrons. The van der Waals surface area contributed by atoms with E-state index in [4.69, 9.17) is 0 Å². The van der Waals surface area contributed by atoms with Crippen molar-refractivity contribution in [3.8, 4) is 0 Å². The van der Waals surface area contributed by atoms with Crippen LogP contribution >= 0.6 is 23.5 Å². The molecule has 124 valence electrons. The molecular formula is C18H18N2O2S2. The number of carbonyl (C=O) groups excluding carboxylic acids is 2. The Labute approximate surface area is 149 Å². The van der Waals surface area contributed by atoms with Crippen molar-refractivity contribution >= 4 is 41.0 Å². The Morgan fingerprint density at radius 1 is 1.17 bits per heavy atom. The Morgan fingerprint density at radius 2 is 1.92 bits per heavy atom. The van der Waals surface area contributed by atoms with Gasteiger partial charge in [-0.05, 0) is 24.3 Å². The van der Waals surface area contributed by atoms with Gasteiger partial charge in [0.05, 0.1) is 10.9 Å². The van der Waals surface area contributed by atoms with Gasteiger partial charge in [0.1, 0.15) is 0 Å². The summed E-state index contributed by atoms with van der Waals surface area (Å²) in [4.78, 5) is 26.2. The number of thioether (sulfide) groups is 1. The molecule has 1 atom stereocenters. The van der Waals surface area contributed by atoms with Crippen LogP contribution in [0.2, 0.25) is 0 Å². The SMILES string of the molecule is O=C(C[C@@H]1SCCNC1=O)Nc1ccccc1Sc1ccccc1. The maximum Gasteiger partial charge on any atom is 0.233 e. The van der Waals surface area contributed by atoms with Gasteiger partial charge in [-0.25, -0.2) is 0 Å². The van der Waals surface area contributed by atoms with Crippen molar-refractivity contribution in [1.29, 1.82) is 0 Å². The van der Waals surface area contributed by atoms with Crippen molar-refractivity contribution in [3.05, 3.63) is 54.6 Å². The minimum atomic E-state index is -0.298. The first-order valence-electron chi connectivity index (χ1n) is 7.73. The Hall–Kier alpha value is -1.92. The Bertz CT molecular complexity index is 722. The highest BCUT2D eigenvalue weighted by molar-refractivity contribution is 8.00. The van der Waals surface area contributed by atoms with Crippen LogP contribution in [0.4, 0.5) is 5.69 Å². The minimum absolute atomic E-state index is 0.0478. The molecule has 2 aromatic carbocycles. The van der Waals surface area contributed by atoms with Gasteiger partial charge >= 0.3 is 0 Å². The molecule has 1 heterocycles. The fourth-order valence-electron chi connectivity index (χ4n) is 2.36. The first-order valence-corrected chi connectivity index (χ1v) is 9.60. The van der Waals surface area contributed by atoms with Gasteiger partial charge in [0.2, 0.25) is 11.8 Å². The fraction of sp³-hybridized carbons (Fsp3) is 0.222. The Morgan fingerprint density at radius 3 is 2.71 bits per heavy atom. The highest BCUT2D eigenvalue weighted by Gasteiger charge is 2.25. The van der Waals surface area contributed by atoms with Gasteiger partial charge in [-0.1, -0.05) is 42.1 Å². The van der Waals surface area contributed by atoms with Gasteiger partial charge in [0.15, 0.2) is 0 Å². The zero-order chi connectivity index (χ0) is 16.8. The van der Waals surface area contributed by atoms with E-state index in [0.717, 1.165) is 21.2 Å². The third kappa shape index (κ3) is 4.55. The van der Waals surface area contributed by atoms with E-state index in [0.29, 0.717) is 6.54 Å². The van der Waals surface area contributed by atoms with E-state index >= 15 is 0 Å². The zero-order valence-corrected chi connectivity index (χ0v) is 14.7. The highest BCUT2D eigenvalue weighted by atomic mass is 32.2. The maximum atomic E-state index is 12.3. The minimum Gasteiger partial charge on any atom is -0.354 e. The largest absolute Gasteiger partial charge is 0.354 e. The van der Waals surface area contributed by atoms with Crippen molar-refractivity contribution in [1.82, 2.24) is 5.32 Å². The molecule has 2 N–H and O–H groups in total. The lowest BCUT2D eigenvalue weighted by molar-refractivity contribution is -0.123. The molecule has 0 aliphatic carbocycles. The summed E-state index contributed by atoms with van der Waals surface area (Å²) in [7, 11) is 0. The number of anilines is 1. The van der Waals surface area contributed by atoms with Crippen molar-refractivity contribution < 1.29 is 9.59 Å². The van der Waals surface area contributed by atoms with Crippen molar-refractivity contribution in [2.45, 2.75) is 21.5 Å². The summed E-state index contributed by atoms with van der Waals surface area (Å²) in [6.07, 6.45) is 0.195. The number of nitrogens with one attached hydrogen (secondary N) is 2. The quantitative estimate of drug-likeness (QED) is 0.860. The molecule has 24 heavy (non-hydrogen) atoms. The number of para-hydroxylation sites is 1. The lowest BCUT2D eigenvalue weighted by atomic mass is 10.2. The lowest BCUT2D eigenvalue weighted by Crippen LogP contribution is -2.40. The Kier molecular flexibility index (Phi) is 5.82. The molecule has 1 aliphatic heterocycles. The number of hydrogen-bond donors (Lipinski definition) is 2. The number of rotatable bonds is 5. The van der Waals surface area contributed by atoms with Crippen LogP contribution in [0.3, 0.4) is 0 Å². The van der Waals surface area contributed by atoms with Crippen LogP contribution in [0, 0.1) is 0 Å². The molecule has 0 aromatic heterocycles. The summed E-state index contributed by atoms with van der Waals surface area (Å²) < 4.78 is 0. The molecule has 0 spiro atoms. The van der Waals surface area contributed by atoms with Crippen LogP contribution in [-0.4, -0.2) is 29.4 Å². The van der Waals surface area contributed by atoms with E-state index in [1.165, 1.54) is 11.8 Å². The molecular weight excluding hydrogens is 340 g/mol. The molecule has 6 heteroatoms. The summed E-state index contributed by atoms with van der Waals surface area (Å²) >= 11 is 3.14. The van der Waals surface area contributed by atoms with Gasteiger partial charge in [0, 0.05) is 28.5 Å². The topological polar surface area (TPSA) is 58.2 Å². The first kappa shape index (κ1) is 16.9. The van der Waals surface area contributed by atoms with E-state index < -0.39 is 0 Å². The number of amides is 2. The summed E-state index contributed by atoms with van der Waals surface area (Å²) in [5.74, 6) is 0.670. The second-order valence-corrected chi connectivity index (χ2v) is 7.74. The van der Waals surface area contributed by atoms with E-state index in [1.54, 1.807) is 11.8 Å². The zero-order valence-electron chi connectivity index (χ0n) is 13.0. The summed E-state index contributed by atoms with van der Waals surface area (Å²) in [6, 6.07) is 17.7. The Balaban J connectivity index is 1.66. The van der Waals surface area contributed by atoms with Crippen LogP contribution in [-0.2, 0) is 9.59 Å². The third-order valence-corrected chi connectivity index (χ3v) is 5.82. The van der Waals surface area contributed by atoms with E-state index in [-0.39, 0.29) is 23.5 Å². The monoisotopic (exact) mass is 358 g/mol. The van der Waals surface area contributed by atoms with Gasteiger partial charge < -0.3 is 10.6 Å². The van der Waals surface area contributed by atoms with Crippen molar-refractivity contribution in [3.63, 3.8) is 0 Å². The van der Waals surface area contributed by atoms with Crippen molar-refractivity contribution in [2.24, 2.45) is 0 Å². The number of carbonyl (C=O) groups is 2. The molecule has 3 rings (SSSR count). The first-order chi connectivity index (χ1) is 11.7. The molecule has 4 nitrogen and oxygen atoms in total. The number of benzene rings is 2. The normalized spacial score (nSPS) is 17.2. The molecule has 1 saturated heterocycles. The third-order valence-electron chi connectivity index (χ3n) is 3.52. The molecule has 0 unspecified atom stereocenters. The molecule has 0 saturated carbocycles. The van der Waals surface area contributed by atoms with Gasteiger partial charge in [-0.15, -0.1) is 11.8 Å². The average molecular weight is 358 g/mol. The van der Waals surface area contributed by atoms with Gasteiger partial charge in [-0.2, -0.15) is 0 Å². The smallest absolute Gasteiger partial charge is 0.233 e. The predicted octanol–water partition coefficient (Wildman–Crippen LogP) is 3.40. The molecule has 1 aliphatic rings. The summed E-state index contributed by atoms with van der Waals surface area (Å²) in [5.41, 5.74) is 0.776. The van der Waals surface area contributed by atoms with Gasteiger partial charge in [0.25, 0.3) is 0 Å². The standard InChI is InChI=1S/C18H18N2O2S2/c21-17(12-16-18(22)19-10-11-23-16)20-14-8-4-5-9-15(14)24-13-6-2-1-3-7-13/h1-9,16H,10-12H2,(H,19,22)(H,20,21)/t16-/m0/s1. The fourth-order valence-corrected chi connectivity index (χ4v) is 4.29.